The van der Waals surface area contributed by atoms with Crippen LogP contribution in [-0.2, 0) is 11.8 Å². The van der Waals surface area contributed by atoms with E-state index in [1.165, 1.54) is 4.91 Å². The fourth-order valence-electron chi connectivity index (χ4n) is 3.37. The van der Waals surface area contributed by atoms with Crippen molar-refractivity contribution >= 4 is 50.7 Å². The number of pyridine rings is 1. The number of allylic oxidation sites excluding steroid dienone is 2. The molecule has 4 rings (SSSR count). The highest BCUT2D eigenvalue weighted by Crippen LogP contribution is 2.39. The molecule has 0 saturated heterocycles. The molecule has 9 heteroatoms. The lowest BCUT2D eigenvalue weighted by atomic mass is 10.2. The number of carbonyl (C=O) groups excluding carboxylic acids is 1. The molecule has 2 N–H and O–H groups in total. The van der Waals surface area contributed by atoms with Crippen LogP contribution in [0.3, 0.4) is 0 Å². The van der Waals surface area contributed by atoms with Crippen molar-refractivity contribution in [1.82, 2.24) is 19.4 Å². The molecule has 32 heavy (non-hydrogen) atoms. The number of hydrogen-bond donors (Lipinski definition) is 2. The number of rotatable bonds is 7. The third-order valence-corrected chi connectivity index (χ3v) is 6.62. The van der Waals surface area contributed by atoms with Gasteiger partial charge in [-0.05, 0) is 24.6 Å². The van der Waals surface area contributed by atoms with Gasteiger partial charge < -0.3 is 19.4 Å². The molecule has 2 aliphatic heterocycles. The number of aliphatic imine (C=N–C) groups is 1. The minimum Gasteiger partial charge on any atom is -0.371 e. The quantitative estimate of drug-likeness (QED) is 0.380. The van der Waals surface area contributed by atoms with Crippen LogP contribution < -0.4 is 10.0 Å². The van der Waals surface area contributed by atoms with Gasteiger partial charge in [0.1, 0.15) is 17.6 Å². The van der Waals surface area contributed by atoms with Crippen molar-refractivity contribution in [3.8, 4) is 0 Å². The summed E-state index contributed by atoms with van der Waals surface area (Å²) < 4.78 is 5.63. The standard InChI is InChI=1S/C20H25N7S.C3H6O/c1-5-9-26(3)11-14-7-6-8-15(10-22-14)28-12-16-18-17(23-13-27(18)4)20(21-2)24-19(16)25-28;1-2-3-4/h5-8,12-13H,1,9-11H2,2-4H3,(H2,21,24,25);3H,2H2,1H3. The summed E-state index contributed by atoms with van der Waals surface area (Å²) in [6.07, 6.45) is 11.6. The van der Waals surface area contributed by atoms with Crippen LogP contribution in [0.4, 0.5) is 11.6 Å². The van der Waals surface area contributed by atoms with E-state index in [9.17, 15) is 4.79 Å². The summed E-state index contributed by atoms with van der Waals surface area (Å²) in [4.78, 5) is 26.7. The monoisotopic (exact) mass is 453 g/mol. The number of nitrogens with one attached hydrogen (secondary N) is 2. The van der Waals surface area contributed by atoms with Gasteiger partial charge in [0, 0.05) is 44.2 Å². The van der Waals surface area contributed by atoms with Gasteiger partial charge in [0.05, 0.1) is 24.0 Å². The number of carbonyl (C=O) groups is 1. The van der Waals surface area contributed by atoms with Gasteiger partial charge in [0.2, 0.25) is 0 Å². The molecule has 0 saturated carbocycles. The molecule has 2 aliphatic rings. The van der Waals surface area contributed by atoms with Crippen LogP contribution in [0.15, 0.2) is 47.1 Å². The second-order valence-corrected chi connectivity index (χ2v) is 9.08. The van der Waals surface area contributed by atoms with E-state index < -0.39 is 0 Å². The van der Waals surface area contributed by atoms with Crippen molar-refractivity contribution in [2.75, 3.05) is 43.8 Å². The van der Waals surface area contributed by atoms with Gasteiger partial charge in [-0.2, -0.15) is 0 Å². The van der Waals surface area contributed by atoms with Crippen LogP contribution in [0.1, 0.15) is 18.9 Å². The van der Waals surface area contributed by atoms with Crippen molar-refractivity contribution in [3.05, 3.63) is 47.7 Å². The minimum absolute atomic E-state index is 0.244. The zero-order chi connectivity index (χ0) is 23.1. The average Bonchev–Trinajstić information content (AvgIpc) is 3.30. The molecule has 0 spiro atoms. The summed E-state index contributed by atoms with van der Waals surface area (Å²) in [5, 5.41) is 5.41. The highest BCUT2D eigenvalue weighted by molar-refractivity contribution is 8.20. The second kappa shape index (κ2) is 11.0. The molecule has 4 heterocycles. The van der Waals surface area contributed by atoms with Crippen LogP contribution in [0.25, 0.3) is 11.0 Å². The number of aromatic nitrogens is 3. The van der Waals surface area contributed by atoms with Crippen LogP contribution >= 0.6 is 10.7 Å². The van der Waals surface area contributed by atoms with Crippen LogP contribution in [0.2, 0.25) is 0 Å². The Hall–Kier alpha value is -3.04. The molecule has 1 unspecified atom stereocenters. The third-order valence-electron chi connectivity index (χ3n) is 4.90. The molecule has 0 radical (unpaired) electrons. The highest BCUT2D eigenvalue weighted by Gasteiger charge is 2.22. The Balaban J connectivity index is 0.000000668. The average molecular weight is 454 g/mol. The summed E-state index contributed by atoms with van der Waals surface area (Å²) in [5.74, 6) is 1.69. The Kier molecular flexibility index (Phi) is 8.13. The Bertz CT molecular complexity index is 1130. The molecule has 0 fully saturated rings. The lowest BCUT2D eigenvalue weighted by Gasteiger charge is -2.14. The largest absolute Gasteiger partial charge is 0.371 e. The van der Waals surface area contributed by atoms with E-state index in [0.717, 1.165) is 53.3 Å². The first kappa shape index (κ1) is 23.6. The molecule has 2 aromatic rings. The van der Waals surface area contributed by atoms with Crippen LogP contribution in [0, 0.1) is 0 Å². The first-order chi connectivity index (χ1) is 15.5. The summed E-state index contributed by atoms with van der Waals surface area (Å²) >= 11 is 0. The number of aldehydes is 1. The fraction of sp³-hybridized carbons (Fsp3) is 0.348. The van der Waals surface area contributed by atoms with Gasteiger partial charge in [-0.25, -0.2) is 9.97 Å². The van der Waals surface area contributed by atoms with E-state index in [4.69, 9.17) is 9.98 Å². The smallest absolute Gasteiger partial charge is 0.156 e. The van der Waals surface area contributed by atoms with Gasteiger partial charge in [0.15, 0.2) is 5.82 Å². The predicted molar refractivity (Wildman–Crippen MR) is 138 cm³/mol. The van der Waals surface area contributed by atoms with E-state index in [1.807, 2.05) is 33.4 Å². The molecule has 8 nitrogen and oxygen atoms in total. The maximum atomic E-state index is 9.17. The Morgan fingerprint density at radius 2 is 2.22 bits per heavy atom. The summed E-state index contributed by atoms with van der Waals surface area (Å²) in [6.45, 7) is 7.95. The van der Waals surface area contributed by atoms with Crippen molar-refractivity contribution in [3.63, 3.8) is 0 Å². The van der Waals surface area contributed by atoms with Gasteiger partial charge >= 0.3 is 0 Å². The van der Waals surface area contributed by atoms with E-state index in [-0.39, 0.29) is 10.7 Å². The minimum atomic E-state index is -0.244. The molecule has 0 aliphatic carbocycles. The Morgan fingerprint density at radius 3 is 2.91 bits per heavy atom. The first-order valence-corrected chi connectivity index (χ1v) is 11.8. The second-order valence-electron chi connectivity index (χ2n) is 7.44. The van der Waals surface area contributed by atoms with Gasteiger partial charge in [-0.15, -0.1) is 6.58 Å². The normalized spacial score (nSPS) is 16.7. The molecule has 1 atom stereocenters. The predicted octanol–water partition coefficient (Wildman–Crippen LogP) is 3.38. The number of aryl methyl sites for hydroxylation is 1. The number of likely N-dealkylation sites (N-methyl/N-ethyl adjacent to an activating group) is 1. The number of imidazole rings is 1. The Labute approximate surface area is 191 Å². The lowest BCUT2D eigenvalue weighted by Crippen LogP contribution is -2.25. The molecule has 0 bridgehead atoms. The molecule has 0 aromatic carbocycles. The van der Waals surface area contributed by atoms with Crippen LogP contribution in [0.5, 0.6) is 0 Å². The van der Waals surface area contributed by atoms with Gasteiger partial charge in [0.25, 0.3) is 0 Å². The van der Waals surface area contributed by atoms with E-state index in [1.54, 1.807) is 0 Å². The fourth-order valence-corrected chi connectivity index (χ4v) is 4.97. The molecule has 170 valence electrons. The summed E-state index contributed by atoms with van der Waals surface area (Å²) in [7, 11) is 5.72. The van der Waals surface area contributed by atoms with Crippen molar-refractivity contribution in [1.29, 1.82) is 0 Å². The maximum absolute atomic E-state index is 9.17. The van der Waals surface area contributed by atoms with E-state index in [2.05, 4.69) is 61.7 Å². The first-order valence-electron chi connectivity index (χ1n) is 10.5. The number of anilines is 2. The molecule has 0 amide bonds. The van der Waals surface area contributed by atoms with Crippen molar-refractivity contribution < 1.29 is 4.79 Å². The summed E-state index contributed by atoms with van der Waals surface area (Å²) in [6, 6.07) is 0. The Morgan fingerprint density at radius 1 is 1.44 bits per heavy atom. The topological polar surface area (TPSA) is 87.4 Å². The van der Waals surface area contributed by atoms with E-state index in [0.29, 0.717) is 13.0 Å². The number of nitrogens with zero attached hydrogens (tertiary/aromatic N) is 5. The molecular formula is C23H31N7OS. The lowest BCUT2D eigenvalue weighted by molar-refractivity contribution is -0.107. The zero-order valence-electron chi connectivity index (χ0n) is 19.1. The molecular weight excluding hydrogens is 422 g/mol. The molecule has 2 aromatic heterocycles. The third kappa shape index (κ3) is 5.23. The van der Waals surface area contributed by atoms with Crippen LogP contribution in [-0.4, -0.2) is 70.5 Å². The maximum Gasteiger partial charge on any atom is 0.156 e. The van der Waals surface area contributed by atoms with Crippen molar-refractivity contribution in [2.45, 2.75) is 13.3 Å². The summed E-state index contributed by atoms with van der Waals surface area (Å²) in [5.41, 5.74) is 4.19. The number of fused-ring (bicyclic) bond motifs is 3. The van der Waals surface area contributed by atoms with E-state index >= 15 is 0 Å². The van der Waals surface area contributed by atoms with Crippen molar-refractivity contribution in [2.24, 2.45) is 12.0 Å². The SMILES string of the molecule is C=CCN(C)CC1=NCC(S2=Cc3c(nc(NC)c4ncn(C)c34)N2)=CC=C1.CCC=O. The highest BCUT2D eigenvalue weighted by atomic mass is 32.2. The number of hydrogen-bond acceptors (Lipinski definition) is 7. The van der Waals surface area contributed by atoms with Gasteiger partial charge in [-0.3, -0.25) is 9.89 Å². The van der Waals surface area contributed by atoms with Gasteiger partial charge in [-0.1, -0.05) is 29.7 Å². The zero-order valence-corrected chi connectivity index (χ0v) is 19.9.